The largest absolute Gasteiger partial charge is 0.545 e. The molecule has 0 fully saturated rings. The van der Waals surface area contributed by atoms with Crippen LogP contribution in [0.5, 0.6) is 0 Å². The van der Waals surface area contributed by atoms with Crippen LogP contribution in [0.3, 0.4) is 0 Å². The number of esters is 1. The number of halogens is 1. The summed E-state index contributed by atoms with van der Waals surface area (Å²) in [5.41, 5.74) is 0. The van der Waals surface area contributed by atoms with E-state index < -0.39 is 20.1 Å². The monoisotopic (exact) mass is 276 g/mol. The zero-order chi connectivity index (χ0) is 14.2. The molecule has 0 unspecified atom stereocenters. The fraction of sp³-hybridized carbons (Fsp3) is 0.769. The molecule has 0 saturated heterocycles. The standard InChI is InChI=1S/C13H25FO3Si/c1-6-8-9-10-11(17-18(3,4)5)12(14)13(15)16-7-2/h6-10H2,1-5H3/b12-11+. The summed E-state index contributed by atoms with van der Waals surface area (Å²) in [6, 6.07) is 0. The fourth-order valence-corrected chi connectivity index (χ4v) is 2.35. The highest BCUT2D eigenvalue weighted by atomic mass is 28.4. The number of ether oxygens (including phenoxy) is 1. The highest BCUT2D eigenvalue weighted by molar-refractivity contribution is 6.70. The first-order chi connectivity index (χ1) is 8.31. The van der Waals surface area contributed by atoms with Crippen LogP contribution in [-0.4, -0.2) is 20.9 Å². The molecule has 0 aliphatic heterocycles. The van der Waals surface area contributed by atoms with Gasteiger partial charge in [-0.25, -0.2) is 4.79 Å². The average Bonchev–Trinajstić information content (AvgIpc) is 2.25. The highest BCUT2D eigenvalue weighted by Gasteiger charge is 2.24. The van der Waals surface area contributed by atoms with Crippen LogP contribution < -0.4 is 0 Å². The summed E-state index contributed by atoms with van der Waals surface area (Å²) in [5.74, 6) is -1.61. The van der Waals surface area contributed by atoms with Gasteiger partial charge in [0, 0.05) is 6.42 Å². The van der Waals surface area contributed by atoms with Gasteiger partial charge in [-0.3, -0.25) is 0 Å². The molecule has 0 atom stereocenters. The Morgan fingerprint density at radius 3 is 2.22 bits per heavy atom. The summed E-state index contributed by atoms with van der Waals surface area (Å²) in [5, 5.41) is 0. The molecular formula is C13H25FO3Si. The maximum absolute atomic E-state index is 13.9. The lowest BCUT2D eigenvalue weighted by molar-refractivity contribution is -0.140. The Morgan fingerprint density at radius 2 is 1.78 bits per heavy atom. The Morgan fingerprint density at radius 1 is 1.17 bits per heavy atom. The van der Waals surface area contributed by atoms with Gasteiger partial charge in [-0.1, -0.05) is 19.8 Å². The zero-order valence-electron chi connectivity index (χ0n) is 12.1. The molecule has 18 heavy (non-hydrogen) atoms. The van der Waals surface area contributed by atoms with Gasteiger partial charge in [-0.2, -0.15) is 4.39 Å². The molecule has 3 nitrogen and oxygen atoms in total. The topological polar surface area (TPSA) is 35.5 Å². The number of unbranched alkanes of at least 4 members (excludes halogenated alkanes) is 2. The van der Waals surface area contributed by atoms with E-state index >= 15 is 0 Å². The third-order valence-corrected chi connectivity index (χ3v) is 3.00. The maximum Gasteiger partial charge on any atom is 0.370 e. The maximum atomic E-state index is 13.9. The van der Waals surface area contributed by atoms with Crippen LogP contribution in [-0.2, 0) is 14.0 Å². The van der Waals surface area contributed by atoms with E-state index in [0.29, 0.717) is 6.42 Å². The van der Waals surface area contributed by atoms with Crippen molar-refractivity contribution >= 4 is 14.3 Å². The molecule has 0 heterocycles. The van der Waals surface area contributed by atoms with Crippen molar-refractivity contribution in [1.82, 2.24) is 0 Å². The van der Waals surface area contributed by atoms with Gasteiger partial charge in [0.05, 0.1) is 6.61 Å². The fourth-order valence-electron chi connectivity index (χ4n) is 1.42. The molecule has 0 aliphatic rings. The van der Waals surface area contributed by atoms with E-state index in [9.17, 15) is 9.18 Å². The molecule has 0 amide bonds. The van der Waals surface area contributed by atoms with E-state index in [2.05, 4.69) is 11.7 Å². The first-order valence-corrected chi connectivity index (χ1v) is 9.97. The van der Waals surface area contributed by atoms with Gasteiger partial charge in [-0.05, 0) is 33.0 Å². The zero-order valence-corrected chi connectivity index (χ0v) is 13.1. The minimum absolute atomic E-state index is 0.168. The molecule has 0 N–H and O–H groups in total. The minimum atomic E-state index is -1.92. The van der Waals surface area contributed by atoms with Crippen LogP contribution in [0.4, 0.5) is 4.39 Å². The molecule has 0 bridgehead atoms. The van der Waals surface area contributed by atoms with Crippen LogP contribution in [0, 0.1) is 0 Å². The smallest absolute Gasteiger partial charge is 0.370 e. The molecule has 0 aliphatic carbocycles. The molecule has 0 rings (SSSR count). The molecule has 106 valence electrons. The lowest BCUT2D eigenvalue weighted by Gasteiger charge is -2.22. The number of carbonyl (C=O) groups excluding carboxylic acids is 1. The highest BCUT2D eigenvalue weighted by Crippen LogP contribution is 2.22. The molecule has 5 heteroatoms. The Balaban J connectivity index is 4.81. The predicted molar refractivity (Wildman–Crippen MR) is 73.3 cm³/mol. The van der Waals surface area contributed by atoms with Crippen LogP contribution in [0.2, 0.25) is 19.6 Å². The lowest BCUT2D eigenvalue weighted by Crippen LogP contribution is -2.26. The molecule has 0 aromatic carbocycles. The number of allylic oxidation sites excluding steroid dienone is 1. The SMILES string of the molecule is CCCCC/C(O[Si](C)(C)C)=C(\F)C(=O)OCC. The van der Waals surface area contributed by atoms with Crippen molar-refractivity contribution in [3.63, 3.8) is 0 Å². The van der Waals surface area contributed by atoms with Crippen molar-refractivity contribution in [3.8, 4) is 0 Å². The van der Waals surface area contributed by atoms with Gasteiger partial charge >= 0.3 is 5.97 Å². The second-order valence-electron chi connectivity index (χ2n) is 5.13. The van der Waals surface area contributed by atoms with Gasteiger partial charge < -0.3 is 9.16 Å². The third-order valence-electron chi connectivity index (χ3n) is 2.14. The third kappa shape index (κ3) is 7.48. The van der Waals surface area contributed by atoms with Crippen molar-refractivity contribution < 1.29 is 18.3 Å². The number of rotatable bonds is 8. The van der Waals surface area contributed by atoms with Crippen LogP contribution in [0.25, 0.3) is 0 Å². The average molecular weight is 276 g/mol. The van der Waals surface area contributed by atoms with Crippen LogP contribution >= 0.6 is 0 Å². The van der Waals surface area contributed by atoms with E-state index in [1.54, 1.807) is 6.92 Å². The second kappa shape index (κ2) is 8.29. The minimum Gasteiger partial charge on any atom is -0.545 e. The van der Waals surface area contributed by atoms with E-state index in [1.165, 1.54) is 0 Å². The van der Waals surface area contributed by atoms with Gasteiger partial charge in [0.2, 0.25) is 14.1 Å². The van der Waals surface area contributed by atoms with Gasteiger partial charge in [0.15, 0.2) is 0 Å². The van der Waals surface area contributed by atoms with Crippen LogP contribution in [0.1, 0.15) is 39.5 Å². The summed E-state index contributed by atoms with van der Waals surface area (Å²) in [6.07, 6.45) is 3.32. The molecule has 0 radical (unpaired) electrons. The van der Waals surface area contributed by atoms with E-state index in [4.69, 9.17) is 4.43 Å². The Kier molecular flexibility index (Phi) is 7.90. The summed E-state index contributed by atoms with van der Waals surface area (Å²) < 4.78 is 24.2. The number of hydrogen-bond acceptors (Lipinski definition) is 3. The van der Waals surface area contributed by atoms with Crippen molar-refractivity contribution in [3.05, 3.63) is 11.6 Å². The summed E-state index contributed by atoms with van der Waals surface area (Å²) in [4.78, 5) is 11.4. The molecule has 0 saturated carbocycles. The summed E-state index contributed by atoms with van der Waals surface area (Å²) in [7, 11) is -1.92. The first-order valence-electron chi connectivity index (χ1n) is 6.56. The van der Waals surface area contributed by atoms with Gasteiger partial charge in [0.25, 0.3) is 0 Å². The Labute approximate surface area is 110 Å². The number of carbonyl (C=O) groups is 1. The van der Waals surface area contributed by atoms with Gasteiger partial charge in [-0.15, -0.1) is 0 Å². The quantitative estimate of drug-likeness (QED) is 0.219. The van der Waals surface area contributed by atoms with E-state index in [0.717, 1.165) is 19.3 Å². The number of hydrogen-bond donors (Lipinski definition) is 0. The molecule has 0 aromatic heterocycles. The van der Waals surface area contributed by atoms with E-state index in [1.807, 2.05) is 19.6 Å². The second-order valence-corrected chi connectivity index (χ2v) is 9.56. The Bertz CT molecular complexity index is 295. The van der Waals surface area contributed by atoms with Crippen molar-refractivity contribution in [1.29, 1.82) is 0 Å². The van der Waals surface area contributed by atoms with E-state index in [-0.39, 0.29) is 12.4 Å². The Hall–Kier alpha value is -0.843. The molecule has 0 aromatic rings. The lowest BCUT2D eigenvalue weighted by atomic mass is 10.2. The molecular weight excluding hydrogens is 251 g/mol. The van der Waals surface area contributed by atoms with Crippen molar-refractivity contribution in [2.75, 3.05) is 6.61 Å². The van der Waals surface area contributed by atoms with Gasteiger partial charge in [0.1, 0.15) is 5.76 Å². The predicted octanol–water partition coefficient (Wildman–Crippen LogP) is 4.16. The first kappa shape index (κ1) is 17.2. The normalized spacial score (nSPS) is 13.0. The molecule has 0 spiro atoms. The summed E-state index contributed by atoms with van der Waals surface area (Å²) >= 11 is 0. The summed E-state index contributed by atoms with van der Waals surface area (Å²) in [6.45, 7) is 9.79. The van der Waals surface area contributed by atoms with Crippen molar-refractivity contribution in [2.45, 2.75) is 59.2 Å². The van der Waals surface area contributed by atoms with Crippen LogP contribution in [0.15, 0.2) is 11.6 Å². The van der Waals surface area contributed by atoms with Crippen molar-refractivity contribution in [2.24, 2.45) is 0 Å².